The van der Waals surface area contributed by atoms with Gasteiger partial charge in [-0.05, 0) is 30.7 Å². The van der Waals surface area contributed by atoms with E-state index in [1.54, 1.807) is 12.1 Å². The highest BCUT2D eigenvalue weighted by Gasteiger charge is 2.12. The molecule has 0 radical (unpaired) electrons. The Bertz CT molecular complexity index is 925. The zero-order valence-electron chi connectivity index (χ0n) is 13.7. The van der Waals surface area contributed by atoms with Crippen LogP contribution in [-0.2, 0) is 16.1 Å². The molecule has 1 aromatic carbocycles. The summed E-state index contributed by atoms with van der Waals surface area (Å²) in [6.45, 7) is 1.11. The Labute approximate surface area is 156 Å². The highest BCUT2D eigenvalue weighted by Crippen LogP contribution is 2.19. The standard InChI is InChI=1S/C16H15BrN4O5/c1-10-6-11(17)2-4-13(10)19-14(22)7-18-15(23)9-20-8-12(21(25)26)3-5-16(20)24/h2-6,8H,7,9H2,1H3,(H,18,23)(H,19,22). The lowest BCUT2D eigenvalue weighted by atomic mass is 10.2. The van der Waals surface area contributed by atoms with Crippen molar-refractivity contribution in [3.05, 3.63) is 67.0 Å². The Hall–Kier alpha value is -3.01. The van der Waals surface area contributed by atoms with Gasteiger partial charge in [0.1, 0.15) is 6.54 Å². The Morgan fingerprint density at radius 3 is 2.62 bits per heavy atom. The van der Waals surface area contributed by atoms with E-state index >= 15 is 0 Å². The fourth-order valence-electron chi connectivity index (χ4n) is 2.10. The fourth-order valence-corrected chi connectivity index (χ4v) is 2.58. The number of hydrogen-bond acceptors (Lipinski definition) is 5. The predicted octanol–water partition coefficient (Wildman–Crippen LogP) is 1.58. The Kier molecular flexibility index (Phi) is 6.23. The molecule has 0 saturated carbocycles. The van der Waals surface area contributed by atoms with Crippen LogP contribution in [-0.4, -0.2) is 27.8 Å². The van der Waals surface area contributed by atoms with Gasteiger partial charge in [0.15, 0.2) is 0 Å². The maximum absolute atomic E-state index is 11.9. The number of nitrogens with one attached hydrogen (secondary N) is 2. The number of carbonyl (C=O) groups is 2. The first-order chi connectivity index (χ1) is 12.3. The molecule has 2 N–H and O–H groups in total. The lowest BCUT2D eigenvalue weighted by molar-refractivity contribution is -0.385. The van der Waals surface area contributed by atoms with Crippen LogP contribution >= 0.6 is 15.9 Å². The lowest BCUT2D eigenvalue weighted by Gasteiger charge is -2.10. The van der Waals surface area contributed by atoms with Crippen molar-refractivity contribution in [3.63, 3.8) is 0 Å². The van der Waals surface area contributed by atoms with Crippen molar-refractivity contribution in [1.82, 2.24) is 9.88 Å². The molecule has 10 heteroatoms. The SMILES string of the molecule is Cc1cc(Br)ccc1NC(=O)CNC(=O)Cn1cc([N+](=O)[O-])ccc1=O. The number of amides is 2. The third kappa shape index (κ3) is 5.24. The van der Waals surface area contributed by atoms with Crippen molar-refractivity contribution < 1.29 is 14.5 Å². The molecular formula is C16H15BrN4O5. The van der Waals surface area contributed by atoms with E-state index in [2.05, 4.69) is 26.6 Å². The van der Waals surface area contributed by atoms with Crippen LogP contribution in [0, 0.1) is 17.0 Å². The summed E-state index contributed by atoms with van der Waals surface area (Å²) in [6.07, 6.45) is 0.979. The van der Waals surface area contributed by atoms with E-state index in [-0.39, 0.29) is 12.2 Å². The summed E-state index contributed by atoms with van der Waals surface area (Å²) in [7, 11) is 0. The normalized spacial score (nSPS) is 10.2. The molecule has 0 aliphatic rings. The first-order valence-corrected chi connectivity index (χ1v) is 8.23. The molecule has 9 nitrogen and oxygen atoms in total. The molecule has 136 valence electrons. The zero-order valence-corrected chi connectivity index (χ0v) is 15.3. The molecule has 1 heterocycles. The van der Waals surface area contributed by atoms with Gasteiger partial charge in [0, 0.05) is 22.3 Å². The second kappa shape index (κ2) is 8.39. The number of rotatable bonds is 6. The van der Waals surface area contributed by atoms with Crippen molar-refractivity contribution in [1.29, 1.82) is 0 Å². The molecule has 26 heavy (non-hydrogen) atoms. The van der Waals surface area contributed by atoms with Crippen LogP contribution in [0.25, 0.3) is 0 Å². The molecule has 0 bridgehead atoms. The van der Waals surface area contributed by atoms with Gasteiger partial charge in [-0.1, -0.05) is 15.9 Å². The number of halogens is 1. The summed E-state index contributed by atoms with van der Waals surface area (Å²) < 4.78 is 1.79. The van der Waals surface area contributed by atoms with E-state index in [9.17, 15) is 24.5 Å². The number of benzene rings is 1. The largest absolute Gasteiger partial charge is 0.345 e. The first kappa shape index (κ1) is 19.3. The molecule has 0 atom stereocenters. The van der Waals surface area contributed by atoms with Crippen molar-refractivity contribution in [2.24, 2.45) is 0 Å². The average Bonchev–Trinajstić information content (AvgIpc) is 2.57. The van der Waals surface area contributed by atoms with Crippen molar-refractivity contribution in [3.8, 4) is 0 Å². The quantitative estimate of drug-likeness (QED) is 0.540. The molecule has 0 saturated heterocycles. The van der Waals surface area contributed by atoms with Gasteiger partial charge in [0.05, 0.1) is 17.7 Å². The van der Waals surface area contributed by atoms with Gasteiger partial charge in [0.25, 0.3) is 11.2 Å². The van der Waals surface area contributed by atoms with E-state index in [1.165, 1.54) is 0 Å². The maximum atomic E-state index is 11.9. The molecule has 0 aliphatic heterocycles. The van der Waals surface area contributed by atoms with Crippen molar-refractivity contribution >= 4 is 39.1 Å². The zero-order chi connectivity index (χ0) is 19.3. The molecular weight excluding hydrogens is 408 g/mol. The average molecular weight is 423 g/mol. The third-order valence-corrected chi connectivity index (χ3v) is 3.89. The minimum absolute atomic E-state index is 0.294. The molecule has 0 spiro atoms. The number of nitrogens with zero attached hydrogens (tertiary/aromatic N) is 2. The lowest BCUT2D eigenvalue weighted by Crippen LogP contribution is -2.37. The maximum Gasteiger partial charge on any atom is 0.285 e. The van der Waals surface area contributed by atoms with Crippen LogP contribution in [0.1, 0.15) is 5.56 Å². The van der Waals surface area contributed by atoms with E-state index in [0.29, 0.717) is 5.69 Å². The van der Waals surface area contributed by atoms with Crippen LogP contribution in [0.4, 0.5) is 11.4 Å². The van der Waals surface area contributed by atoms with Crippen LogP contribution < -0.4 is 16.2 Å². The summed E-state index contributed by atoms with van der Waals surface area (Å²) in [5.74, 6) is -1.05. The molecule has 0 aliphatic carbocycles. The van der Waals surface area contributed by atoms with Gasteiger partial charge in [-0.15, -0.1) is 0 Å². The van der Waals surface area contributed by atoms with Crippen LogP contribution in [0.5, 0.6) is 0 Å². The van der Waals surface area contributed by atoms with Crippen LogP contribution in [0.15, 0.2) is 45.8 Å². The minimum Gasteiger partial charge on any atom is -0.345 e. The Balaban J connectivity index is 1.92. The number of pyridine rings is 1. The van der Waals surface area contributed by atoms with Gasteiger partial charge >= 0.3 is 0 Å². The van der Waals surface area contributed by atoms with Crippen LogP contribution in [0.2, 0.25) is 0 Å². The van der Waals surface area contributed by atoms with Gasteiger partial charge in [-0.25, -0.2) is 0 Å². The van der Waals surface area contributed by atoms with E-state index in [1.807, 2.05) is 13.0 Å². The number of aryl methyl sites for hydroxylation is 1. The van der Waals surface area contributed by atoms with E-state index in [0.717, 1.165) is 32.9 Å². The second-order valence-electron chi connectivity index (χ2n) is 5.39. The Morgan fingerprint density at radius 1 is 1.23 bits per heavy atom. The van der Waals surface area contributed by atoms with E-state index in [4.69, 9.17) is 0 Å². The number of nitro groups is 1. The summed E-state index contributed by atoms with van der Waals surface area (Å²) >= 11 is 3.32. The van der Waals surface area contributed by atoms with Crippen LogP contribution in [0.3, 0.4) is 0 Å². The first-order valence-electron chi connectivity index (χ1n) is 7.44. The molecule has 1 aromatic heterocycles. The molecule has 2 amide bonds. The predicted molar refractivity (Wildman–Crippen MR) is 97.9 cm³/mol. The smallest absolute Gasteiger partial charge is 0.285 e. The fraction of sp³-hybridized carbons (Fsp3) is 0.188. The molecule has 2 aromatic rings. The summed E-state index contributed by atoms with van der Waals surface area (Å²) in [5.41, 5.74) is 0.603. The summed E-state index contributed by atoms with van der Waals surface area (Å²) in [4.78, 5) is 45.5. The molecule has 0 fully saturated rings. The minimum atomic E-state index is -0.665. The number of anilines is 1. The van der Waals surface area contributed by atoms with Gasteiger partial charge in [-0.2, -0.15) is 0 Å². The number of hydrogen-bond donors (Lipinski definition) is 2. The van der Waals surface area contributed by atoms with Gasteiger partial charge in [0.2, 0.25) is 11.8 Å². The van der Waals surface area contributed by atoms with Gasteiger partial charge in [-0.3, -0.25) is 29.1 Å². The topological polar surface area (TPSA) is 123 Å². The summed E-state index contributed by atoms with van der Waals surface area (Å²) in [5, 5.41) is 15.7. The third-order valence-electron chi connectivity index (χ3n) is 3.40. The van der Waals surface area contributed by atoms with Crippen molar-refractivity contribution in [2.45, 2.75) is 13.5 Å². The monoisotopic (exact) mass is 422 g/mol. The second-order valence-corrected chi connectivity index (χ2v) is 6.31. The van der Waals surface area contributed by atoms with Gasteiger partial charge < -0.3 is 10.6 Å². The molecule has 2 rings (SSSR count). The highest BCUT2D eigenvalue weighted by atomic mass is 79.9. The highest BCUT2D eigenvalue weighted by molar-refractivity contribution is 9.10. The number of carbonyl (C=O) groups excluding carboxylic acids is 2. The molecule has 0 unspecified atom stereocenters. The van der Waals surface area contributed by atoms with Crippen molar-refractivity contribution in [2.75, 3.05) is 11.9 Å². The van der Waals surface area contributed by atoms with E-state index < -0.39 is 28.8 Å². The summed E-state index contributed by atoms with van der Waals surface area (Å²) in [6, 6.07) is 7.40. The number of aromatic nitrogens is 1. The Morgan fingerprint density at radius 2 is 1.96 bits per heavy atom.